The minimum atomic E-state index is -5.02. The molecule has 0 saturated carbocycles. The molecule has 0 fully saturated rings. The molecule has 10 heteroatoms. The van der Waals surface area contributed by atoms with Crippen LogP contribution in [0.3, 0.4) is 0 Å². The molecule has 0 aliphatic carbocycles. The van der Waals surface area contributed by atoms with Crippen LogP contribution >= 0.6 is 0 Å². The zero-order valence-electron chi connectivity index (χ0n) is 14.4. The van der Waals surface area contributed by atoms with Crippen molar-refractivity contribution in [3.63, 3.8) is 0 Å². The second kappa shape index (κ2) is 9.18. The summed E-state index contributed by atoms with van der Waals surface area (Å²) in [4.78, 5) is 32.5. The van der Waals surface area contributed by atoms with E-state index < -0.39 is 41.2 Å². The third-order valence-corrected chi connectivity index (χ3v) is 3.49. The lowest BCUT2D eigenvalue weighted by molar-refractivity contribution is -0.172. The number of carboxylic acid groups (broad SMARTS) is 2. The Labute approximate surface area is 148 Å². The molecule has 7 nitrogen and oxygen atoms in total. The lowest BCUT2D eigenvalue weighted by Gasteiger charge is -2.43. The summed E-state index contributed by atoms with van der Waals surface area (Å²) in [6, 6.07) is 6.44. The number of carboxylic acids is 2. The number of carbonyl (C=O) groups is 3. The highest BCUT2D eigenvalue weighted by molar-refractivity contribution is 6.10. The van der Waals surface area contributed by atoms with Gasteiger partial charge < -0.3 is 15.9 Å². The lowest BCUT2D eigenvalue weighted by atomic mass is 9.80. The molecule has 0 heterocycles. The first-order valence-corrected chi connectivity index (χ1v) is 7.41. The van der Waals surface area contributed by atoms with E-state index in [0.29, 0.717) is 0 Å². The molecule has 0 unspecified atom stereocenters. The zero-order chi connectivity index (χ0) is 20.7. The third-order valence-electron chi connectivity index (χ3n) is 3.49. The van der Waals surface area contributed by atoms with Gasteiger partial charge in [0.1, 0.15) is 0 Å². The molecule has 0 bridgehead atoms. The van der Waals surface area contributed by atoms with Gasteiger partial charge in [-0.1, -0.05) is 32.0 Å². The van der Waals surface area contributed by atoms with E-state index in [1.54, 1.807) is 0 Å². The van der Waals surface area contributed by atoms with Gasteiger partial charge in [0.15, 0.2) is 5.78 Å². The summed E-state index contributed by atoms with van der Waals surface area (Å²) in [5.41, 5.74) is 1.47. The Kier molecular flexibility index (Phi) is 8.26. The molecule has 0 aliphatic heterocycles. The third kappa shape index (κ3) is 5.19. The van der Waals surface area contributed by atoms with Crippen LogP contribution in [0.2, 0.25) is 0 Å². The van der Waals surface area contributed by atoms with E-state index >= 15 is 0 Å². The summed E-state index contributed by atoms with van der Waals surface area (Å²) in [5.74, 6) is -4.96. The van der Waals surface area contributed by atoms with Gasteiger partial charge >= 0.3 is 18.2 Å². The highest BCUT2D eigenvalue weighted by Crippen LogP contribution is 2.40. The molecule has 0 radical (unpaired) electrons. The van der Waals surface area contributed by atoms with E-state index in [2.05, 4.69) is 5.73 Å². The summed E-state index contributed by atoms with van der Waals surface area (Å²) in [6.07, 6.45) is -5.02. The first-order valence-electron chi connectivity index (χ1n) is 7.41. The van der Waals surface area contributed by atoms with Crippen molar-refractivity contribution in [2.75, 3.05) is 11.4 Å². The number of halogens is 3. The Bertz CT molecular complexity index is 619. The maximum absolute atomic E-state index is 13.5. The number of aliphatic carboxylic acids is 2. The summed E-state index contributed by atoms with van der Waals surface area (Å²) in [7, 11) is 0. The van der Waals surface area contributed by atoms with Gasteiger partial charge in [0.25, 0.3) is 0 Å². The van der Waals surface area contributed by atoms with E-state index in [-0.39, 0.29) is 11.4 Å². The topological polar surface area (TPSA) is 121 Å². The van der Waals surface area contributed by atoms with Crippen molar-refractivity contribution < 1.29 is 37.8 Å². The fourth-order valence-corrected chi connectivity index (χ4v) is 2.44. The number of carbonyl (C=O) groups excluding carboxylic acids is 1. The maximum atomic E-state index is 13.5. The second-order valence-corrected chi connectivity index (χ2v) is 5.52. The van der Waals surface area contributed by atoms with Crippen molar-refractivity contribution in [3.05, 3.63) is 30.3 Å². The number of alkyl halides is 3. The number of Topliss-reactive ketones (excluding diaryl/α,β-unsaturated/α-hetero) is 1. The Morgan fingerprint density at radius 1 is 1.12 bits per heavy atom. The monoisotopic (exact) mass is 378 g/mol. The van der Waals surface area contributed by atoms with Crippen molar-refractivity contribution in [2.45, 2.75) is 32.6 Å². The molecule has 1 rings (SSSR count). The van der Waals surface area contributed by atoms with E-state index in [4.69, 9.17) is 5.11 Å². The molecule has 0 spiro atoms. The Morgan fingerprint density at radius 2 is 1.54 bits per heavy atom. The molecule has 4 N–H and O–H groups in total. The molecule has 0 aromatic heterocycles. The van der Waals surface area contributed by atoms with E-state index in [1.807, 2.05) is 0 Å². The van der Waals surface area contributed by atoms with Crippen molar-refractivity contribution >= 4 is 23.4 Å². The summed E-state index contributed by atoms with van der Waals surface area (Å²) < 4.78 is 40.5. The van der Waals surface area contributed by atoms with Crippen LogP contribution in [0.5, 0.6) is 0 Å². The van der Waals surface area contributed by atoms with Gasteiger partial charge in [0, 0.05) is 5.69 Å². The molecular formula is C16H21F3N2O5. The van der Waals surface area contributed by atoms with Gasteiger partial charge in [-0.25, -0.2) is 4.79 Å². The van der Waals surface area contributed by atoms with Crippen LogP contribution in [0.25, 0.3) is 0 Å². The van der Waals surface area contributed by atoms with Crippen molar-refractivity contribution in [3.8, 4) is 0 Å². The Morgan fingerprint density at radius 3 is 1.77 bits per heavy atom. The fraction of sp³-hybridized carbons (Fsp3) is 0.438. The average molecular weight is 378 g/mol. The van der Waals surface area contributed by atoms with Crippen LogP contribution < -0.4 is 10.6 Å². The fourth-order valence-electron chi connectivity index (χ4n) is 2.44. The van der Waals surface area contributed by atoms with E-state index in [0.717, 1.165) is 19.1 Å². The van der Waals surface area contributed by atoms with Gasteiger partial charge in [0.05, 0.1) is 6.54 Å². The van der Waals surface area contributed by atoms with Crippen LogP contribution in [-0.2, 0) is 14.4 Å². The smallest absolute Gasteiger partial charge is 0.480 e. The van der Waals surface area contributed by atoms with Crippen LogP contribution in [-0.4, -0.2) is 46.3 Å². The molecule has 1 aromatic carbocycles. The number of benzene rings is 1. The standard InChI is InChI=1S/C14H16F3NO3.C2H5NO2/c1-9(2)13(10(3)19,12(20)21)18(14(15,16)17)11-7-5-4-6-8-11;3-1-2(4)5/h4-9H,1-3H3,(H,20,21);1,3H2,(H,4,5)/t13-;/m1./s1. The number of ketones is 1. The Balaban J connectivity index is 0.00000110. The number of hydrogen-bond acceptors (Lipinski definition) is 5. The maximum Gasteiger partial charge on any atom is 0.486 e. The lowest BCUT2D eigenvalue weighted by Crippen LogP contribution is -2.67. The average Bonchev–Trinajstić information content (AvgIpc) is 2.51. The number of nitrogens with zero attached hydrogens (tertiary/aromatic N) is 1. The molecule has 146 valence electrons. The van der Waals surface area contributed by atoms with Crippen molar-refractivity contribution in [2.24, 2.45) is 11.7 Å². The molecule has 1 aromatic rings. The second-order valence-electron chi connectivity index (χ2n) is 5.52. The normalized spacial score (nSPS) is 13.2. The predicted molar refractivity (Wildman–Crippen MR) is 87.6 cm³/mol. The molecule has 26 heavy (non-hydrogen) atoms. The van der Waals surface area contributed by atoms with Crippen molar-refractivity contribution in [1.82, 2.24) is 0 Å². The highest BCUT2D eigenvalue weighted by Gasteiger charge is 2.60. The predicted octanol–water partition coefficient (Wildman–Crippen LogP) is 2.11. The van der Waals surface area contributed by atoms with Gasteiger partial charge in [-0.05, 0) is 25.0 Å². The van der Waals surface area contributed by atoms with E-state index in [1.165, 1.54) is 32.0 Å². The SMILES string of the molecule is CC(=O)[C@@](C(=O)O)(C(C)C)N(c1ccccc1)C(F)(F)F.NCC(=O)O. The summed E-state index contributed by atoms with van der Waals surface area (Å²) in [5, 5.41) is 17.0. The molecule has 0 saturated heterocycles. The summed E-state index contributed by atoms with van der Waals surface area (Å²) in [6.45, 7) is 3.13. The minimum absolute atomic E-state index is 0.269. The van der Waals surface area contributed by atoms with Crippen LogP contribution in [0.4, 0.5) is 18.9 Å². The molecular weight excluding hydrogens is 357 g/mol. The molecule has 0 amide bonds. The van der Waals surface area contributed by atoms with Gasteiger partial charge in [0.2, 0.25) is 5.54 Å². The summed E-state index contributed by atoms with van der Waals surface area (Å²) >= 11 is 0. The molecule has 1 atom stereocenters. The Hall–Kier alpha value is -2.62. The van der Waals surface area contributed by atoms with Crippen LogP contribution in [0.15, 0.2) is 30.3 Å². The van der Waals surface area contributed by atoms with Crippen LogP contribution in [0, 0.1) is 5.92 Å². The quantitative estimate of drug-likeness (QED) is 0.512. The van der Waals surface area contributed by atoms with Gasteiger partial charge in [-0.3, -0.25) is 14.5 Å². The zero-order valence-corrected chi connectivity index (χ0v) is 14.4. The number of anilines is 1. The van der Waals surface area contributed by atoms with Crippen molar-refractivity contribution in [1.29, 1.82) is 0 Å². The molecule has 0 aliphatic rings. The number of hydrogen-bond donors (Lipinski definition) is 3. The van der Waals surface area contributed by atoms with E-state index in [9.17, 15) is 32.7 Å². The number of nitrogens with two attached hydrogens (primary N) is 1. The first-order chi connectivity index (χ1) is 11.8. The van der Waals surface area contributed by atoms with Gasteiger partial charge in [-0.15, -0.1) is 0 Å². The first kappa shape index (κ1) is 23.4. The minimum Gasteiger partial charge on any atom is -0.480 e. The van der Waals surface area contributed by atoms with Crippen LogP contribution in [0.1, 0.15) is 20.8 Å². The number of rotatable bonds is 6. The van der Waals surface area contributed by atoms with Gasteiger partial charge in [-0.2, -0.15) is 13.2 Å². The highest BCUT2D eigenvalue weighted by atomic mass is 19.4. The largest absolute Gasteiger partial charge is 0.486 e. The number of para-hydroxylation sites is 1.